The zero-order chi connectivity index (χ0) is 16.5. The van der Waals surface area contributed by atoms with Crippen molar-refractivity contribution in [2.24, 2.45) is 0 Å². The molecule has 114 valence electrons. The number of aliphatic hydroxyl groups excluding tert-OH is 1. The second-order valence-electron chi connectivity index (χ2n) is 4.54. The van der Waals surface area contributed by atoms with Crippen LogP contribution in [0.4, 0.5) is 0 Å². The molecule has 0 bridgehead atoms. The summed E-state index contributed by atoms with van der Waals surface area (Å²) >= 11 is 0. The molecule has 0 aliphatic carbocycles. The van der Waals surface area contributed by atoms with E-state index in [0.29, 0.717) is 42.3 Å². The van der Waals surface area contributed by atoms with Gasteiger partial charge < -0.3 is 14.6 Å². The van der Waals surface area contributed by atoms with Gasteiger partial charge in [0.15, 0.2) is 11.5 Å². The molecule has 0 aliphatic rings. The molecule has 0 saturated heterocycles. The summed E-state index contributed by atoms with van der Waals surface area (Å²) in [5.74, 6) is 8.48. The van der Waals surface area contributed by atoms with Crippen LogP contribution in [0.5, 0.6) is 11.5 Å². The third-order valence-corrected chi connectivity index (χ3v) is 3.10. The van der Waals surface area contributed by atoms with E-state index in [0.717, 1.165) is 0 Å². The Balaban J connectivity index is 3.08. The Labute approximate surface area is 132 Å². The number of methoxy groups -OCH3 is 2. The summed E-state index contributed by atoms with van der Waals surface area (Å²) in [6.45, 7) is 1.01. The third kappa shape index (κ3) is 4.21. The summed E-state index contributed by atoms with van der Waals surface area (Å²) < 4.78 is 10.5. The molecular formula is C18H19NO3. The normalized spacial score (nSPS) is 11.1. The van der Waals surface area contributed by atoms with Crippen LogP contribution >= 0.6 is 0 Å². The van der Waals surface area contributed by atoms with Gasteiger partial charge in [0, 0.05) is 6.54 Å². The van der Waals surface area contributed by atoms with Crippen LogP contribution in [0.25, 0.3) is 0 Å². The quantitative estimate of drug-likeness (QED) is 0.770. The van der Waals surface area contributed by atoms with Crippen molar-refractivity contribution < 1.29 is 14.6 Å². The van der Waals surface area contributed by atoms with Gasteiger partial charge in [-0.05, 0) is 17.7 Å². The minimum Gasteiger partial charge on any atom is -0.493 e. The molecule has 1 unspecified atom stereocenters. The average Bonchev–Trinajstić information content (AvgIpc) is 2.53. The maximum atomic E-state index is 10.4. The summed E-state index contributed by atoms with van der Waals surface area (Å²) in [7, 11) is 3.02. The molecule has 0 aromatic heterocycles. The van der Waals surface area contributed by atoms with E-state index >= 15 is 0 Å². The summed E-state index contributed by atoms with van der Waals surface area (Å²) in [5, 5.41) is 10.4. The van der Waals surface area contributed by atoms with E-state index in [1.165, 1.54) is 14.2 Å². The molecule has 4 heteroatoms. The van der Waals surface area contributed by atoms with Crippen molar-refractivity contribution in [1.82, 2.24) is 4.90 Å². The van der Waals surface area contributed by atoms with Gasteiger partial charge in [-0.3, -0.25) is 4.90 Å². The molecule has 4 nitrogen and oxygen atoms in total. The standard InChI is InChI=1S/C18H19NO3/c1-6-9-19(10-7-2)13-16(20)15-11-14(8-3)18(22-5)17(12-15)21-4/h1-3,11-12,16,20H,9-10,13H2,4-5H3. The van der Waals surface area contributed by atoms with Crippen LogP contribution < -0.4 is 9.47 Å². The van der Waals surface area contributed by atoms with Crippen molar-refractivity contribution in [3.05, 3.63) is 23.3 Å². The molecule has 1 aromatic carbocycles. The molecule has 1 N–H and O–H groups in total. The van der Waals surface area contributed by atoms with Gasteiger partial charge in [0.05, 0.1) is 39.0 Å². The van der Waals surface area contributed by atoms with Crippen LogP contribution in [0.15, 0.2) is 12.1 Å². The predicted molar refractivity (Wildman–Crippen MR) is 86.5 cm³/mol. The first-order valence-corrected chi connectivity index (χ1v) is 6.61. The number of terminal acetylenes is 3. The molecule has 1 atom stereocenters. The Morgan fingerprint density at radius 1 is 1.14 bits per heavy atom. The summed E-state index contributed by atoms with van der Waals surface area (Å²) in [4.78, 5) is 1.79. The Morgan fingerprint density at radius 3 is 2.23 bits per heavy atom. The van der Waals surface area contributed by atoms with Crippen molar-refractivity contribution in [1.29, 1.82) is 0 Å². The van der Waals surface area contributed by atoms with E-state index in [1.807, 2.05) is 0 Å². The molecule has 0 fully saturated rings. The lowest BCUT2D eigenvalue weighted by Gasteiger charge is -2.22. The highest BCUT2D eigenvalue weighted by Gasteiger charge is 2.17. The van der Waals surface area contributed by atoms with Crippen LogP contribution in [-0.2, 0) is 0 Å². The first-order chi connectivity index (χ1) is 10.6. The van der Waals surface area contributed by atoms with E-state index in [9.17, 15) is 5.11 Å². The Bertz CT molecular complexity index is 615. The van der Waals surface area contributed by atoms with Crippen LogP contribution in [0.1, 0.15) is 17.2 Å². The highest BCUT2D eigenvalue weighted by atomic mass is 16.5. The monoisotopic (exact) mass is 297 g/mol. The zero-order valence-corrected chi connectivity index (χ0v) is 12.8. The van der Waals surface area contributed by atoms with Crippen LogP contribution in [-0.4, -0.2) is 43.9 Å². The van der Waals surface area contributed by atoms with Crippen molar-refractivity contribution in [3.63, 3.8) is 0 Å². The minimum absolute atomic E-state index is 0.299. The second kappa shape index (κ2) is 8.65. The van der Waals surface area contributed by atoms with Gasteiger partial charge in [0.2, 0.25) is 0 Å². The fourth-order valence-corrected chi connectivity index (χ4v) is 2.08. The fourth-order valence-electron chi connectivity index (χ4n) is 2.08. The number of benzene rings is 1. The van der Waals surface area contributed by atoms with Gasteiger partial charge in [0.1, 0.15) is 0 Å². The number of rotatable bonds is 7. The molecule has 0 saturated carbocycles. The average molecular weight is 297 g/mol. The Hall–Kier alpha value is -2.58. The van der Waals surface area contributed by atoms with E-state index in [1.54, 1.807) is 17.0 Å². The van der Waals surface area contributed by atoms with Crippen LogP contribution in [0.3, 0.4) is 0 Å². The summed E-state index contributed by atoms with van der Waals surface area (Å²) in [6.07, 6.45) is 15.3. The van der Waals surface area contributed by atoms with Gasteiger partial charge in [-0.2, -0.15) is 0 Å². The molecule has 0 amide bonds. The van der Waals surface area contributed by atoms with Crippen LogP contribution in [0, 0.1) is 37.0 Å². The van der Waals surface area contributed by atoms with Gasteiger partial charge >= 0.3 is 0 Å². The molecule has 0 radical (unpaired) electrons. The first kappa shape index (κ1) is 17.5. The minimum atomic E-state index is -0.798. The highest BCUT2D eigenvalue weighted by molar-refractivity contribution is 5.56. The van der Waals surface area contributed by atoms with Gasteiger partial charge in [-0.1, -0.05) is 17.8 Å². The number of hydrogen-bond acceptors (Lipinski definition) is 4. The second-order valence-corrected chi connectivity index (χ2v) is 4.54. The summed E-state index contributed by atoms with van der Waals surface area (Å²) in [6, 6.07) is 3.38. The Kier molecular flexibility index (Phi) is 6.87. The van der Waals surface area contributed by atoms with Crippen molar-refractivity contribution >= 4 is 0 Å². The maximum Gasteiger partial charge on any atom is 0.176 e. The maximum absolute atomic E-state index is 10.4. The SMILES string of the molecule is C#CCN(CC#C)CC(O)c1cc(C#C)c(OC)c(OC)c1. The molecule has 1 aromatic rings. The summed E-state index contributed by atoms with van der Waals surface area (Å²) in [5.41, 5.74) is 1.13. The van der Waals surface area contributed by atoms with Gasteiger partial charge in [-0.25, -0.2) is 0 Å². The zero-order valence-electron chi connectivity index (χ0n) is 12.8. The lowest BCUT2D eigenvalue weighted by atomic mass is 10.0. The largest absolute Gasteiger partial charge is 0.493 e. The number of nitrogens with zero attached hydrogens (tertiary/aromatic N) is 1. The first-order valence-electron chi connectivity index (χ1n) is 6.61. The van der Waals surface area contributed by atoms with Crippen molar-refractivity contribution in [3.8, 4) is 48.5 Å². The number of hydrogen-bond donors (Lipinski definition) is 1. The van der Waals surface area contributed by atoms with Crippen LogP contribution in [0.2, 0.25) is 0 Å². The highest BCUT2D eigenvalue weighted by Crippen LogP contribution is 2.34. The molecule has 0 heterocycles. The van der Waals surface area contributed by atoms with Crippen molar-refractivity contribution in [2.75, 3.05) is 33.9 Å². The van der Waals surface area contributed by atoms with Gasteiger partial charge in [-0.15, -0.1) is 19.3 Å². The molecule has 22 heavy (non-hydrogen) atoms. The number of ether oxygens (including phenoxy) is 2. The van der Waals surface area contributed by atoms with Crippen molar-refractivity contribution in [2.45, 2.75) is 6.10 Å². The molecule has 0 aliphatic heterocycles. The van der Waals surface area contributed by atoms with Gasteiger partial charge in [0.25, 0.3) is 0 Å². The third-order valence-electron chi connectivity index (χ3n) is 3.10. The van der Waals surface area contributed by atoms with E-state index < -0.39 is 6.10 Å². The fraction of sp³-hybridized carbons (Fsp3) is 0.333. The lowest BCUT2D eigenvalue weighted by molar-refractivity contribution is 0.127. The predicted octanol–water partition coefficient (Wildman–Crippen LogP) is 1.29. The number of aliphatic hydroxyl groups is 1. The Morgan fingerprint density at radius 2 is 1.77 bits per heavy atom. The lowest BCUT2D eigenvalue weighted by Crippen LogP contribution is -2.29. The molecular weight excluding hydrogens is 278 g/mol. The topological polar surface area (TPSA) is 41.9 Å². The van der Waals surface area contributed by atoms with E-state index in [4.69, 9.17) is 28.7 Å². The smallest absolute Gasteiger partial charge is 0.176 e. The molecule has 0 spiro atoms. The molecule has 1 rings (SSSR count). The van der Waals surface area contributed by atoms with E-state index in [2.05, 4.69) is 17.8 Å². The van der Waals surface area contributed by atoms with E-state index in [-0.39, 0.29) is 0 Å².